The number of aryl methyl sites for hydroxylation is 2. The lowest BCUT2D eigenvalue weighted by Gasteiger charge is -2.16. The third kappa shape index (κ3) is 2.49. The number of hydrogen-bond acceptors (Lipinski definition) is 4. The first-order chi connectivity index (χ1) is 8.50. The highest BCUT2D eigenvalue weighted by molar-refractivity contribution is 7.80. The Balaban J connectivity index is 2.11. The van der Waals surface area contributed by atoms with Crippen molar-refractivity contribution < 1.29 is 4.74 Å². The first-order valence-corrected chi connectivity index (χ1v) is 6.60. The highest BCUT2D eigenvalue weighted by Crippen LogP contribution is 2.23. The number of ether oxygens (including phenoxy) is 1. The molecule has 0 saturated carbocycles. The molecule has 18 heavy (non-hydrogen) atoms. The summed E-state index contributed by atoms with van der Waals surface area (Å²) >= 11 is 5.08. The highest BCUT2D eigenvalue weighted by atomic mass is 32.1. The topological polar surface area (TPSA) is 65.1 Å². The monoisotopic (exact) mass is 268 g/mol. The molecule has 0 aromatic carbocycles. The summed E-state index contributed by atoms with van der Waals surface area (Å²) in [7, 11) is 1.89. The zero-order valence-electron chi connectivity index (χ0n) is 11.1. The summed E-state index contributed by atoms with van der Waals surface area (Å²) in [6, 6.07) is 0. The normalized spacial score (nSPS) is 23.3. The van der Waals surface area contributed by atoms with E-state index >= 15 is 0 Å². The van der Waals surface area contributed by atoms with Gasteiger partial charge in [0.2, 0.25) is 0 Å². The second-order valence-electron chi connectivity index (χ2n) is 4.80. The minimum absolute atomic E-state index is 0.306. The lowest BCUT2D eigenvalue weighted by atomic mass is 10.0. The van der Waals surface area contributed by atoms with Crippen LogP contribution in [-0.4, -0.2) is 34.0 Å². The molecule has 6 heteroatoms. The number of nitrogens with zero attached hydrogens (tertiary/aromatic N) is 2. The van der Waals surface area contributed by atoms with Gasteiger partial charge in [0.25, 0.3) is 0 Å². The molecule has 2 atom stereocenters. The fourth-order valence-corrected chi connectivity index (χ4v) is 2.67. The molecule has 1 aromatic rings. The molecule has 0 radical (unpaired) electrons. The molecule has 2 rings (SSSR count). The second-order valence-corrected chi connectivity index (χ2v) is 5.24. The SMILES string of the molecule is Cc1nn(C)c(NCC2CCOC2C)c1C(N)=S. The molecule has 1 saturated heterocycles. The molecule has 5 nitrogen and oxygen atoms in total. The fraction of sp³-hybridized carbons (Fsp3) is 0.667. The molecule has 0 bridgehead atoms. The molecule has 2 heterocycles. The van der Waals surface area contributed by atoms with E-state index in [1.807, 2.05) is 14.0 Å². The van der Waals surface area contributed by atoms with Crippen molar-refractivity contribution in [2.45, 2.75) is 26.4 Å². The van der Waals surface area contributed by atoms with Crippen LogP contribution in [0.4, 0.5) is 5.82 Å². The van der Waals surface area contributed by atoms with Crippen LogP contribution in [0.1, 0.15) is 24.6 Å². The summed E-state index contributed by atoms with van der Waals surface area (Å²) < 4.78 is 7.35. The minimum atomic E-state index is 0.306. The summed E-state index contributed by atoms with van der Waals surface area (Å²) in [6.07, 6.45) is 1.40. The van der Waals surface area contributed by atoms with E-state index in [9.17, 15) is 0 Å². The Morgan fingerprint density at radius 3 is 2.94 bits per heavy atom. The Morgan fingerprint density at radius 1 is 1.67 bits per heavy atom. The molecular weight excluding hydrogens is 248 g/mol. The maximum atomic E-state index is 5.75. The fourth-order valence-electron chi connectivity index (χ4n) is 2.43. The van der Waals surface area contributed by atoms with Crippen LogP contribution < -0.4 is 11.1 Å². The number of rotatable bonds is 4. The van der Waals surface area contributed by atoms with Gasteiger partial charge in [-0.05, 0) is 20.3 Å². The van der Waals surface area contributed by atoms with E-state index in [-0.39, 0.29) is 0 Å². The maximum absolute atomic E-state index is 5.75. The van der Waals surface area contributed by atoms with Gasteiger partial charge in [0.1, 0.15) is 10.8 Å². The van der Waals surface area contributed by atoms with Gasteiger partial charge in [0.15, 0.2) is 0 Å². The van der Waals surface area contributed by atoms with Crippen molar-refractivity contribution in [1.82, 2.24) is 9.78 Å². The second kappa shape index (κ2) is 5.24. The van der Waals surface area contributed by atoms with E-state index in [0.717, 1.165) is 36.6 Å². The Labute approximate surface area is 113 Å². The Kier molecular flexibility index (Phi) is 3.87. The van der Waals surface area contributed by atoms with Crippen LogP contribution in [0.3, 0.4) is 0 Å². The van der Waals surface area contributed by atoms with E-state index in [1.165, 1.54) is 0 Å². The van der Waals surface area contributed by atoms with Crippen LogP contribution in [-0.2, 0) is 11.8 Å². The quantitative estimate of drug-likeness (QED) is 0.803. The maximum Gasteiger partial charge on any atom is 0.134 e. The van der Waals surface area contributed by atoms with E-state index in [1.54, 1.807) is 4.68 Å². The van der Waals surface area contributed by atoms with Crippen LogP contribution in [0, 0.1) is 12.8 Å². The van der Waals surface area contributed by atoms with Crippen LogP contribution in [0.2, 0.25) is 0 Å². The molecule has 1 aliphatic heterocycles. The van der Waals surface area contributed by atoms with Crippen molar-refractivity contribution in [3.63, 3.8) is 0 Å². The molecule has 2 unspecified atom stereocenters. The number of thiocarbonyl (C=S) groups is 1. The molecule has 0 spiro atoms. The molecule has 0 aliphatic carbocycles. The number of nitrogens with one attached hydrogen (secondary N) is 1. The third-order valence-corrected chi connectivity index (χ3v) is 3.74. The van der Waals surface area contributed by atoms with Crippen LogP contribution in [0.15, 0.2) is 0 Å². The van der Waals surface area contributed by atoms with Gasteiger partial charge >= 0.3 is 0 Å². The van der Waals surface area contributed by atoms with Crippen LogP contribution >= 0.6 is 12.2 Å². The molecule has 100 valence electrons. The van der Waals surface area contributed by atoms with Gasteiger partial charge in [0, 0.05) is 26.1 Å². The first kappa shape index (κ1) is 13.3. The van der Waals surface area contributed by atoms with E-state index < -0.39 is 0 Å². The summed E-state index contributed by atoms with van der Waals surface area (Å²) in [5.41, 5.74) is 7.46. The average Bonchev–Trinajstić information content (AvgIpc) is 2.79. The zero-order chi connectivity index (χ0) is 13.3. The van der Waals surface area contributed by atoms with Crippen molar-refractivity contribution in [3.05, 3.63) is 11.3 Å². The van der Waals surface area contributed by atoms with Gasteiger partial charge in [0.05, 0.1) is 17.4 Å². The minimum Gasteiger partial charge on any atom is -0.389 e. The number of hydrogen-bond donors (Lipinski definition) is 2. The standard InChI is InChI=1S/C12H20N4OS/c1-7-10(11(13)18)12(16(3)15-7)14-6-9-4-5-17-8(9)2/h8-9,14H,4-6H2,1-3H3,(H2,13,18). The molecule has 0 amide bonds. The first-order valence-electron chi connectivity index (χ1n) is 6.19. The summed E-state index contributed by atoms with van der Waals surface area (Å²) in [5, 5.41) is 7.76. The van der Waals surface area contributed by atoms with Crippen molar-refractivity contribution in [1.29, 1.82) is 0 Å². The number of aromatic nitrogens is 2. The zero-order valence-corrected chi connectivity index (χ0v) is 11.9. The largest absolute Gasteiger partial charge is 0.389 e. The predicted molar refractivity (Wildman–Crippen MR) is 75.8 cm³/mol. The summed E-state index contributed by atoms with van der Waals surface area (Å²) in [4.78, 5) is 0.388. The van der Waals surface area contributed by atoms with E-state index in [4.69, 9.17) is 22.7 Å². The molecule has 1 aliphatic rings. The van der Waals surface area contributed by atoms with Crippen LogP contribution in [0.25, 0.3) is 0 Å². The predicted octanol–water partition coefficient (Wildman–Crippen LogP) is 1.20. The van der Waals surface area contributed by atoms with Gasteiger partial charge in [-0.15, -0.1) is 0 Å². The number of nitrogens with two attached hydrogens (primary N) is 1. The van der Waals surface area contributed by atoms with Crippen molar-refractivity contribution in [3.8, 4) is 0 Å². The highest BCUT2D eigenvalue weighted by Gasteiger charge is 2.25. The lowest BCUT2D eigenvalue weighted by molar-refractivity contribution is 0.108. The Morgan fingerprint density at radius 2 is 2.39 bits per heavy atom. The summed E-state index contributed by atoms with van der Waals surface area (Å²) in [5.74, 6) is 1.43. The van der Waals surface area contributed by atoms with Crippen molar-refractivity contribution in [2.75, 3.05) is 18.5 Å². The summed E-state index contributed by atoms with van der Waals surface area (Å²) in [6.45, 7) is 5.74. The third-order valence-electron chi connectivity index (χ3n) is 3.53. The smallest absolute Gasteiger partial charge is 0.134 e. The molecule has 1 aromatic heterocycles. The van der Waals surface area contributed by atoms with E-state index in [2.05, 4.69) is 17.3 Å². The molecule has 1 fully saturated rings. The van der Waals surface area contributed by atoms with Crippen molar-refractivity contribution in [2.24, 2.45) is 18.7 Å². The lowest BCUT2D eigenvalue weighted by Crippen LogP contribution is -2.23. The van der Waals surface area contributed by atoms with Gasteiger partial charge in [-0.1, -0.05) is 12.2 Å². The van der Waals surface area contributed by atoms with Crippen LogP contribution in [0.5, 0.6) is 0 Å². The van der Waals surface area contributed by atoms with E-state index in [0.29, 0.717) is 17.0 Å². The van der Waals surface area contributed by atoms with Crippen molar-refractivity contribution >= 4 is 23.0 Å². The molecule has 3 N–H and O–H groups in total. The average molecular weight is 268 g/mol. The Bertz CT molecular complexity index is 457. The molecular formula is C12H20N4OS. The van der Waals surface area contributed by atoms with Gasteiger partial charge in [-0.2, -0.15) is 5.10 Å². The van der Waals surface area contributed by atoms with Gasteiger partial charge in [-0.25, -0.2) is 0 Å². The number of anilines is 1. The Hall–Kier alpha value is -1.14. The van der Waals surface area contributed by atoms with Gasteiger partial charge in [-0.3, -0.25) is 4.68 Å². The van der Waals surface area contributed by atoms with Gasteiger partial charge < -0.3 is 15.8 Å².